The highest BCUT2D eigenvalue weighted by Crippen LogP contribution is 2.33. The van der Waals surface area contributed by atoms with Gasteiger partial charge in [-0.1, -0.05) is 0 Å². The number of pyridine rings is 1. The molecule has 0 aliphatic heterocycles. The summed E-state index contributed by atoms with van der Waals surface area (Å²) in [7, 11) is 0. The maximum absolute atomic E-state index is 12.4. The number of rotatable bonds is 0. The van der Waals surface area contributed by atoms with Gasteiger partial charge >= 0.3 is 6.18 Å². The minimum absolute atomic E-state index is 0.0266. The molecular formula is C6HF6N. The molecule has 7 heteroatoms. The highest BCUT2D eigenvalue weighted by Gasteiger charge is 2.39. The van der Waals surface area contributed by atoms with Crippen LogP contribution in [0.3, 0.4) is 0 Å². The number of hydrogen-bond acceptors (Lipinski definition) is 1. The summed E-state index contributed by atoms with van der Waals surface area (Å²) in [5.74, 6) is -6.24. The van der Waals surface area contributed by atoms with Gasteiger partial charge < -0.3 is 0 Å². The van der Waals surface area contributed by atoms with Crippen LogP contribution in [-0.2, 0) is 6.18 Å². The summed E-state index contributed by atoms with van der Waals surface area (Å²) in [6.07, 6.45) is -5.29. The third-order valence-electron chi connectivity index (χ3n) is 1.21. The summed E-state index contributed by atoms with van der Waals surface area (Å²) in [5, 5.41) is 0. The molecule has 0 N–H and O–H groups in total. The van der Waals surface area contributed by atoms with Crippen molar-refractivity contribution in [3.8, 4) is 0 Å². The quantitative estimate of drug-likeness (QED) is 0.464. The highest BCUT2D eigenvalue weighted by molar-refractivity contribution is 5.19. The molecule has 1 rings (SSSR count). The molecule has 0 radical (unpaired) electrons. The van der Waals surface area contributed by atoms with Crippen LogP contribution >= 0.6 is 0 Å². The van der Waals surface area contributed by atoms with Crippen LogP contribution in [0.4, 0.5) is 26.3 Å². The summed E-state index contributed by atoms with van der Waals surface area (Å²) in [6, 6.07) is 0. The highest BCUT2D eigenvalue weighted by atomic mass is 19.4. The van der Waals surface area contributed by atoms with Gasteiger partial charge in [0.25, 0.3) is 0 Å². The Kier molecular flexibility index (Phi) is 2.19. The monoisotopic (exact) mass is 201 g/mol. The molecule has 0 fully saturated rings. The van der Waals surface area contributed by atoms with Crippen LogP contribution in [0.25, 0.3) is 0 Å². The lowest BCUT2D eigenvalue weighted by Gasteiger charge is -2.07. The average Bonchev–Trinajstić information content (AvgIpc) is 1.95. The minimum atomic E-state index is -5.27. The van der Waals surface area contributed by atoms with E-state index in [0.717, 1.165) is 0 Å². The van der Waals surface area contributed by atoms with Gasteiger partial charge in [-0.05, 0) is 0 Å². The second kappa shape index (κ2) is 2.90. The normalized spacial score (nSPS) is 11.8. The van der Waals surface area contributed by atoms with Crippen LogP contribution in [0.5, 0.6) is 0 Å². The van der Waals surface area contributed by atoms with Crippen molar-refractivity contribution >= 4 is 0 Å². The fourth-order valence-corrected chi connectivity index (χ4v) is 0.702. The van der Waals surface area contributed by atoms with E-state index in [2.05, 4.69) is 4.98 Å². The van der Waals surface area contributed by atoms with Gasteiger partial charge in [-0.25, -0.2) is 13.8 Å². The average molecular weight is 201 g/mol. The van der Waals surface area contributed by atoms with Crippen molar-refractivity contribution in [3.05, 3.63) is 29.3 Å². The SMILES string of the molecule is Fc1cnc(F)c(F)c1C(F)(F)F. The summed E-state index contributed by atoms with van der Waals surface area (Å²) in [5.41, 5.74) is -2.26. The number of halogens is 6. The maximum atomic E-state index is 12.4. The van der Waals surface area contributed by atoms with Crippen molar-refractivity contribution in [1.29, 1.82) is 0 Å². The van der Waals surface area contributed by atoms with E-state index in [1.54, 1.807) is 0 Å². The molecule has 0 aliphatic carbocycles. The van der Waals surface area contributed by atoms with Gasteiger partial charge in [0.15, 0.2) is 11.6 Å². The first-order valence-corrected chi connectivity index (χ1v) is 2.90. The largest absolute Gasteiger partial charge is 0.422 e. The van der Waals surface area contributed by atoms with Crippen molar-refractivity contribution in [2.75, 3.05) is 0 Å². The topological polar surface area (TPSA) is 12.9 Å². The zero-order chi connectivity index (χ0) is 10.2. The Morgan fingerprint density at radius 3 is 2.00 bits per heavy atom. The van der Waals surface area contributed by atoms with Crippen LogP contribution < -0.4 is 0 Å². The summed E-state index contributed by atoms with van der Waals surface area (Å²) < 4.78 is 72.3. The Morgan fingerprint density at radius 1 is 1.08 bits per heavy atom. The number of hydrogen-bond donors (Lipinski definition) is 0. The third kappa shape index (κ3) is 1.73. The Morgan fingerprint density at radius 2 is 1.62 bits per heavy atom. The van der Waals surface area contributed by atoms with Gasteiger partial charge in [0.1, 0.15) is 5.56 Å². The summed E-state index contributed by atoms with van der Waals surface area (Å²) >= 11 is 0. The molecule has 1 nitrogen and oxygen atoms in total. The molecule has 0 aromatic carbocycles. The molecule has 13 heavy (non-hydrogen) atoms. The molecule has 1 aromatic rings. The molecule has 72 valence electrons. The Bertz CT molecular complexity index is 331. The first-order valence-electron chi connectivity index (χ1n) is 2.90. The Hall–Kier alpha value is -1.27. The summed E-state index contributed by atoms with van der Waals surface area (Å²) in [6.45, 7) is 0. The van der Waals surface area contributed by atoms with Crippen molar-refractivity contribution < 1.29 is 26.3 Å². The van der Waals surface area contributed by atoms with Crippen molar-refractivity contribution in [2.45, 2.75) is 6.18 Å². The smallest absolute Gasteiger partial charge is 0.223 e. The lowest BCUT2D eigenvalue weighted by molar-refractivity contribution is -0.143. The lowest BCUT2D eigenvalue weighted by Crippen LogP contribution is -2.13. The van der Waals surface area contributed by atoms with E-state index in [1.165, 1.54) is 0 Å². The molecule has 0 aliphatic rings. The molecule has 0 spiro atoms. The van der Waals surface area contributed by atoms with Gasteiger partial charge in [-0.2, -0.15) is 17.6 Å². The zero-order valence-corrected chi connectivity index (χ0v) is 5.79. The lowest BCUT2D eigenvalue weighted by atomic mass is 10.2. The molecule has 1 aromatic heterocycles. The van der Waals surface area contributed by atoms with E-state index >= 15 is 0 Å². The first-order chi connectivity index (χ1) is 5.84. The molecule has 0 unspecified atom stereocenters. The van der Waals surface area contributed by atoms with E-state index in [1.807, 2.05) is 0 Å². The van der Waals surface area contributed by atoms with Crippen molar-refractivity contribution in [3.63, 3.8) is 0 Å². The maximum Gasteiger partial charge on any atom is 0.422 e. The van der Waals surface area contributed by atoms with Gasteiger partial charge in [0, 0.05) is 0 Å². The molecule has 0 saturated heterocycles. The number of aromatic nitrogens is 1. The van der Waals surface area contributed by atoms with Crippen LogP contribution in [-0.4, -0.2) is 4.98 Å². The van der Waals surface area contributed by atoms with Crippen LogP contribution in [0.2, 0.25) is 0 Å². The molecular weight excluding hydrogens is 200 g/mol. The molecule has 0 bridgehead atoms. The number of alkyl halides is 3. The van der Waals surface area contributed by atoms with Crippen LogP contribution in [0.1, 0.15) is 5.56 Å². The van der Waals surface area contributed by atoms with E-state index in [-0.39, 0.29) is 6.20 Å². The van der Waals surface area contributed by atoms with E-state index in [4.69, 9.17) is 0 Å². The summed E-state index contributed by atoms with van der Waals surface area (Å²) in [4.78, 5) is 2.44. The number of nitrogens with zero attached hydrogens (tertiary/aromatic N) is 1. The Balaban J connectivity index is 3.43. The van der Waals surface area contributed by atoms with Crippen LogP contribution in [0, 0.1) is 17.6 Å². The van der Waals surface area contributed by atoms with Crippen molar-refractivity contribution in [1.82, 2.24) is 4.98 Å². The van der Waals surface area contributed by atoms with Gasteiger partial charge in [-0.3, -0.25) is 0 Å². The second-order valence-corrected chi connectivity index (χ2v) is 2.08. The Labute approximate surface area is 68.0 Å². The minimum Gasteiger partial charge on any atom is -0.223 e. The van der Waals surface area contributed by atoms with E-state index in [0.29, 0.717) is 0 Å². The van der Waals surface area contributed by atoms with Gasteiger partial charge in [0.05, 0.1) is 6.20 Å². The van der Waals surface area contributed by atoms with E-state index < -0.39 is 29.3 Å². The predicted molar refractivity (Wildman–Crippen MR) is 29.1 cm³/mol. The molecule has 0 amide bonds. The molecule has 0 atom stereocenters. The predicted octanol–water partition coefficient (Wildman–Crippen LogP) is 2.52. The van der Waals surface area contributed by atoms with Gasteiger partial charge in [0.2, 0.25) is 5.95 Å². The fourth-order valence-electron chi connectivity index (χ4n) is 0.702. The molecule has 0 saturated carbocycles. The first kappa shape index (κ1) is 9.82. The second-order valence-electron chi connectivity index (χ2n) is 2.08. The molecule has 1 heterocycles. The fraction of sp³-hybridized carbons (Fsp3) is 0.167. The van der Waals surface area contributed by atoms with E-state index in [9.17, 15) is 26.3 Å². The zero-order valence-electron chi connectivity index (χ0n) is 5.79. The van der Waals surface area contributed by atoms with Crippen molar-refractivity contribution in [2.24, 2.45) is 0 Å². The van der Waals surface area contributed by atoms with Crippen LogP contribution in [0.15, 0.2) is 6.20 Å². The third-order valence-corrected chi connectivity index (χ3v) is 1.21. The van der Waals surface area contributed by atoms with Gasteiger partial charge in [-0.15, -0.1) is 0 Å². The standard InChI is InChI=1S/C6HF6N/c7-2-1-13-5(9)4(8)3(2)6(10,11)12/h1H.